The molecule has 3 nitrogen and oxygen atoms in total. The van der Waals surface area contributed by atoms with E-state index in [0.717, 1.165) is 44.1 Å². The lowest BCUT2D eigenvalue weighted by Crippen LogP contribution is -2.21. The van der Waals surface area contributed by atoms with E-state index in [0.29, 0.717) is 0 Å². The molecule has 2 fully saturated rings. The Morgan fingerprint density at radius 3 is 2.71 bits per heavy atom. The average molecular weight is 330 g/mol. The first kappa shape index (κ1) is 17.5. The molecule has 2 saturated heterocycles. The lowest BCUT2D eigenvalue weighted by molar-refractivity contribution is -0.139. The third kappa shape index (κ3) is 3.66. The number of allylic oxidation sites excluding steroid dienone is 4. The summed E-state index contributed by atoms with van der Waals surface area (Å²) in [6.07, 6.45) is 12.8. The van der Waals surface area contributed by atoms with Crippen LogP contribution in [0, 0.1) is 5.92 Å². The normalized spacial score (nSPS) is 43.6. The summed E-state index contributed by atoms with van der Waals surface area (Å²) in [5.74, 6) is 0.0300. The molecule has 3 heteroatoms. The minimum absolute atomic E-state index is 0.0270. The SMILES string of the molecule is C/C=C1\C(=O)O[C@H]2C/C(C)=C/CC/C(C)=C/CC[C@@]3(C)O[C@H]3C[C@@H]12. The first-order chi connectivity index (χ1) is 11.4. The van der Waals surface area contributed by atoms with Gasteiger partial charge >= 0.3 is 5.97 Å². The Labute approximate surface area is 145 Å². The maximum Gasteiger partial charge on any atom is 0.334 e. The third-order valence-corrected chi connectivity index (χ3v) is 5.84. The molecule has 3 rings (SSSR count). The van der Waals surface area contributed by atoms with Crippen molar-refractivity contribution in [1.82, 2.24) is 0 Å². The lowest BCUT2D eigenvalue weighted by Gasteiger charge is -2.18. The fraction of sp³-hybridized carbons (Fsp3) is 0.667. The second-order valence-corrected chi connectivity index (χ2v) is 7.83. The van der Waals surface area contributed by atoms with Crippen LogP contribution in [0.2, 0.25) is 0 Å². The van der Waals surface area contributed by atoms with E-state index in [-0.39, 0.29) is 29.7 Å². The van der Waals surface area contributed by atoms with Gasteiger partial charge in [-0.3, -0.25) is 0 Å². The van der Waals surface area contributed by atoms with Gasteiger partial charge in [0.2, 0.25) is 0 Å². The van der Waals surface area contributed by atoms with E-state index in [9.17, 15) is 4.79 Å². The van der Waals surface area contributed by atoms with Crippen LogP contribution in [0.25, 0.3) is 0 Å². The highest BCUT2D eigenvalue weighted by Gasteiger charge is 2.54. The second-order valence-electron chi connectivity index (χ2n) is 7.83. The Morgan fingerprint density at radius 1 is 1.21 bits per heavy atom. The number of hydrogen-bond acceptors (Lipinski definition) is 3. The van der Waals surface area contributed by atoms with Gasteiger partial charge < -0.3 is 9.47 Å². The number of carbonyl (C=O) groups is 1. The van der Waals surface area contributed by atoms with Crippen molar-refractivity contribution in [2.24, 2.45) is 5.92 Å². The predicted molar refractivity (Wildman–Crippen MR) is 95.6 cm³/mol. The molecule has 1 aliphatic carbocycles. The van der Waals surface area contributed by atoms with Crippen molar-refractivity contribution in [2.75, 3.05) is 0 Å². The van der Waals surface area contributed by atoms with Gasteiger partial charge in [0.25, 0.3) is 0 Å². The van der Waals surface area contributed by atoms with Crippen LogP contribution < -0.4 is 0 Å². The Bertz CT molecular complexity index is 598. The smallest absolute Gasteiger partial charge is 0.334 e. The Kier molecular flexibility index (Phi) is 5.00. The maximum absolute atomic E-state index is 12.2. The molecule has 132 valence electrons. The summed E-state index contributed by atoms with van der Waals surface area (Å²) < 4.78 is 11.7. The molecule has 0 radical (unpaired) electrons. The zero-order valence-corrected chi connectivity index (χ0v) is 15.4. The summed E-state index contributed by atoms with van der Waals surface area (Å²) in [7, 11) is 0. The molecule has 0 aromatic carbocycles. The van der Waals surface area contributed by atoms with Crippen molar-refractivity contribution in [2.45, 2.75) is 84.0 Å². The Balaban J connectivity index is 1.81. The van der Waals surface area contributed by atoms with Gasteiger partial charge in [0.15, 0.2) is 0 Å². The Morgan fingerprint density at radius 2 is 1.96 bits per heavy atom. The van der Waals surface area contributed by atoms with Crippen LogP contribution in [0.15, 0.2) is 34.9 Å². The van der Waals surface area contributed by atoms with Gasteiger partial charge in [-0.25, -0.2) is 4.79 Å². The van der Waals surface area contributed by atoms with Crippen LogP contribution in [0.5, 0.6) is 0 Å². The minimum Gasteiger partial charge on any atom is -0.458 e. The molecule has 0 N–H and O–H groups in total. The lowest BCUT2D eigenvalue weighted by atomic mass is 9.84. The molecule has 2 heterocycles. The zero-order valence-electron chi connectivity index (χ0n) is 15.4. The number of fused-ring (bicyclic) bond motifs is 2. The molecule has 2 aliphatic heterocycles. The number of carbonyl (C=O) groups excluding carboxylic acids is 1. The van der Waals surface area contributed by atoms with Crippen molar-refractivity contribution in [3.63, 3.8) is 0 Å². The molecule has 0 aromatic heterocycles. The highest BCUT2D eigenvalue weighted by atomic mass is 16.6. The standard InChI is InChI=1S/C21H30O3/c1-5-16-17-13-19-21(4,24-19)11-7-10-14(2)8-6-9-15(3)12-18(17)23-20(16)22/h5,9-10,17-19H,6-8,11-13H2,1-4H3/b14-10+,15-9+,16-5-/t17-,18-,19-,21+/m0/s1. The topological polar surface area (TPSA) is 38.8 Å². The largest absolute Gasteiger partial charge is 0.458 e. The summed E-state index contributed by atoms with van der Waals surface area (Å²) >= 11 is 0. The summed E-state index contributed by atoms with van der Waals surface area (Å²) in [5.41, 5.74) is 3.59. The average Bonchev–Trinajstić information content (AvgIpc) is 3.04. The third-order valence-electron chi connectivity index (χ3n) is 5.84. The van der Waals surface area contributed by atoms with Crippen molar-refractivity contribution in [3.05, 3.63) is 34.9 Å². The molecule has 0 saturated carbocycles. The summed E-state index contributed by atoms with van der Waals surface area (Å²) in [6, 6.07) is 0. The van der Waals surface area contributed by atoms with Crippen LogP contribution >= 0.6 is 0 Å². The number of hydrogen-bond donors (Lipinski definition) is 0. The first-order valence-corrected chi connectivity index (χ1v) is 9.29. The van der Waals surface area contributed by atoms with E-state index in [1.165, 1.54) is 11.1 Å². The highest BCUT2D eigenvalue weighted by Crippen LogP contribution is 2.47. The van der Waals surface area contributed by atoms with Gasteiger partial charge in [-0.2, -0.15) is 0 Å². The van der Waals surface area contributed by atoms with E-state index in [4.69, 9.17) is 9.47 Å². The zero-order chi connectivity index (χ0) is 17.3. The minimum atomic E-state index is -0.135. The van der Waals surface area contributed by atoms with E-state index >= 15 is 0 Å². The van der Waals surface area contributed by atoms with E-state index in [1.54, 1.807) is 0 Å². The Hall–Kier alpha value is -1.35. The first-order valence-electron chi connectivity index (χ1n) is 9.29. The molecule has 4 atom stereocenters. The van der Waals surface area contributed by atoms with Crippen LogP contribution in [-0.2, 0) is 14.3 Å². The molecule has 0 spiro atoms. The molecule has 0 aromatic rings. The fourth-order valence-electron chi connectivity index (χ4n) is 4.13. The van der Waals surface area contributed by atoms with Crippen LogP contribution in [0.4, 0.5) is 0 Å². The van der Waals surface area contributed by atoms with Crippen molar-refractivity contribution in [1.29, 1.82) is 0 Å². The van der Waals surface area contributed by atoms with Crippen molar-refractivity contribution < 1.29 is 14.3 Å². The monoisotopic (exact) mass is 330 g/mol. The number of epoxide rings is 1. The van der Waals surface area contributed by atoms with Crippen molar-refractivity contribution in [3.8, 4) is 0 Å². The van der Waals surface area contributed by atoms with E-state index < -0.39 is 0 Å². The van der Waals surface area contributed by atoms with Crippen LogP contribution in [0.3, 0.4) is 0 Å². The van der Waals surface area contributed by atoms with Crippen molar-refractivity contribution >= 4 is 5.97 Å². The van der Waals surface area contributed by atoms with Gasteiger partial charge in [0.1, 0.15) is 6.10 Å². The molecule has 0 bridgehead atoms. The summed E-state index contributed by atoms with van der Waals surface area (Å²) in [4.78, 5) is 12.2. The molecule has 0 amide bonds. The fourth-order valence-corrected chi connectivity index (χ4v) is 4.13. The summed E-state index contributed by atoms with van der Waals surface area (Å²) in [6.45, 7) is 8.52. The molecule has 24 heavy (non-hydrogen) atoms. The number of esters is 1. The van der Waals surface area contributed by atoms with Gasteiger partial charge in [-0.1, -0.05) is 29.4 Å². The molecular weight excluding hydrogens is 300 g/mol. The highest BCUT2D eigenvalue weighted by molar-refractivity contribution is 5.91. The van der Waals surface area contributed by atoms with Crippen LogP contribution in [-0.4, -0.2) is 23.8 Å². The van der Waals surface area contributed by atoms with Gasteiger partial charge in [0.05, 0.1) is 11.7 Å². The van der Waals surface area contributed by atoms with E-state index in [2.05, 4.69) is 32.9 Å². The second kappa shape index (κ2) is 6.87. The predicted octanol–water partition coefficient (Wildman–Crippen LogP) is 4.88. The number of ether oxygens (including phenoxy) is 2. The van der Waals surface area contributed by atoms with Gasteiger partial charge in [-0.15, -0.1) is 0 Å². The van der Waals surface area contributed by atoms with Gasteiger partial charge in [0, 0.05) is 17.9 Å². The molecule has 3 aliphatic rings. The van der Waals surface area contributed by atoms with Crippen LogP contribution in [0.1, 0.15) is 66.2 Å². The molecular formula is C21H30O3. The number of rotatable bonds is 0. The van der Waals surface area contributed by atoms with E-state index in [1.807, 2.05) is 13.0 Å². The van der Waals surface area contributed by atoms with Gasteiger partial charge in [-0.05, 0) is 59.8 Å². The molecule has 0 unspecified atom stereocenters. The maximum atomic E-state index is 12.2. The summed E-state index contributed by atoms with van der Waals surface area (Å²) in [5, 5.41) is 0. The quantitative estimate of drug-likeness (QED) is 0.275.